The maximum absolute atomic E-state index is 6.49. The molecule has 0 aliphatic carbocycles. The largest absolute Gasteiger partial charge is 0.490 e. The zero-order chi connectivity index (χ0) is 21.7. The number of nitrogens with one attached hydrogen (secondary N) is 1. The summed E-state index contributed by atoms with van der Waals surface area (Å²) < 4.78 is 11.7. The third-order valence-electron chi connectivity index (χ3n) is 4.19. The lowest BCUT2D eigenvalue weighted by molar-refractivity contribution is 0.269. The van der Waals surface area contributed by atoms with Gasteiger partial charge in [0.2, 0.25) is 0 Å². The molecule has 1 N–H and O–H groups in total. The fraction of sp³-hybridized carbons (Fsp3) is 0.182. The molecule has 3 rings (SSSR count). The molecular weight excluding hydrogens is 488 g/mol. The van der Waals surface area contributed by atoms with Crippen molar-refractivity contribution in [2.24, 2.45) is 0 Å². The minimum absolute atomic E-state index is 0.300. The molecule has 8 heteroatoms. The van der Waals surface area contributed by atoms with Gasteiger partial charge in [0.1, 0.15) is 6.61 Å². The van der Waals surface area contributed by atoms with Gasteiger partial charge >= 0.3 is 0 Å². The topological polar surface area (TPSA) is 30.5 Å². The van der Waals surface area contributed by atoms with Gasteiger partial charge in [0.15, 0.2) is 11.5 Å². The Kier molecular flexibility index (Phi) is 8.27. The monoisotopic (exact) mass is 503 g/mol. The van der Waals surface area contributed by atoms with E-state index < -0.39 is 0 Å². The molecule has 30 heavy (non-hydrogen) atoms. The van der Waals surface area contributed by atoms with Gasteiger partial charge in [-0.15, -0.1) is 0 Å². The van der Waals surface area contributed by atoms with Gasteiger partial charge in [-0.25, -0.2) is 0 Å². The first-order chi connectivity index (χ1) is 14.4. The molecule has 0 saturated heterocycles. The van der Waals surface area contributed by atoms with Crippen LogP contribution in [0.15, 0.2) is 48.5 Å². The molecule has 0 radical (unpaired) electrons. The second kappa shape index (κ2) is 10.7. The van der Waals surface area contributed by atoms with Crippen molar-refractivity contribution in [1.29, 1.82) is 0 Å². The maximum atomic E-state index is 6.49. The lowest BCUT2D eigenvalue weighted by Gasteiger charge is -2.16. The Bertz CT molecular complexity index is 1040. The van der Waals surface area contributed by atoms with E-state index in [0.717, 1.165) is 16.8 Å². The number of ether oxygens (including phenoxy) is 2. The second-order valence-electron chi connectivity index (χ2n) is 6.34. The highest BCUT2D eigenvalue weighted by Gasteiger charge is 2.12. The van der Waals surface area contributed by atoms with Crippen molar-refractivity contribution in [1.82, 2.24) is 0 Å². The summed E-state index contributed by atoms with van der Waals surface area (Å²) in [7, 11) is 0. The fourth-order valence-electron chi connectivity index (χ4n) is 2.69. The number of halogens is 5. The first-order valence-electron chi connectivity index (χ1n) is 9.08. The zero-order valence-electron chi connectivity index (χ0n) is 15.9. The molecule has 0 saturated carbocycles. The van der Waals surface area contributed by atoms with Crippen LogP contribution in [0.5, 0.6) is 11.5 Å². The Morgan fingerprint density at radius 2 is 1.37 bits per heavy atom. The maximum Gasteiger partial charge on any atom is 0.163 e. The van der Waals surface area contributed by atoms with E-state index in [0.29, 0.717) is 56.4 Å². The highest BCUT2D eigenvalue weighted by molar-refractivity contribution is 6.42. The summed E-state index contributed by atoms with van der Waals surface area (Å²) in [6.07, 6.45) is 0. The first-order valence-corrected chi connectivity index (χ1v) is 11.0. The lowest BCUT2D eigenvalue weighted by Crippen LogP contribution is -2.04. The number of benzene rings is 3. The Labute approximate surface area is 200 Å². The van der Waals surface area contributed by atoms with Crippen LogP contribution in [0.2, 0.25) is 25.1 Å². The summed E-state index contributed by atoms with van der Waals surface area (Å²) in [5.74, 6) is 1.15. The van der Waals surface area contributed by atoms with Crippen LogP contribution in [0.25, 0.3) is 0 Å². The van der Waals surface area contributed by atoms with E-state index in [4.69, 9.17) is 67.5 Å². The summed E-state index contributed by atoms with van der Waals surface area (Å²) >= 11 is 30.6. The average Bonchev–Trinajstić information content (AvgIpc) is 2.72. The quantitative estimate of drug-likeness (QED) is 0.333. The van der Waals surface area contributed by atoms with Crippen LogP contribution in [0, 0.1) is 0 Å². The number of rotatable bonds is 8. The summed E-state index contributed by atoms with van der Waals surface area (Å²) in [4.78, 5) is 0. The molecule has 0 fully saturated rings. The van der Waals surface area contributed by atoms with Crippen molar-refractivity contribution in [2.75, 3.05) is 11.9 Å². The van der Waals surface area contributed by atoms with Crippen LogP contribution in [0.1, 0.15) is 18.1 Å². The minimum atomic E-state index is 0.300. The lowest BCUT2D eigenvalue weighted by atomic mass is 10.2. The molecular formula is C22H18Cl5NO2. The van der Waals surface area contributed by atoms with Crippen molar-refractivity contribution in [2.45, 2.75) is 20.1 Å². The molecule has 0 aliphatic rings. The van der Waals surface area contributed by atoms with Crippen LogP contribution >= 0.6 is 58.0 Å². The van der Waals surface area contributed by atoms with E-state index in [1.165, 1.54) is 0 Å². The standard InChI is InChI=1S/C22H18Cl5NO2/c1-2-29-21-8-14(11-28-15-4-6-17(24)20(27)9-15)18(25)10-22(21)30-12-13-3-5-16(23)19(26)7-13/h3-10,28H,2,11-12H2,1H3. The van der Waals surface area contributed by atoms with Crippen molar-refractivity contribution in [3.63, 3.8) is 0 Å². The van der Waals surface area contributed by atoms with Crippen LogP contribution in [-0.2, 0) is 13.2 Å². The van der Waals surface area contributed by atoms with Gasteiger partial charge in [-0.2, -0.15) is 0 Å². The van der Waals surface area contributed by atoms with Gasteiger partial charge in [-0.3, -0.25) is 0 Å². The van der Waals surface area contributed by atoms with Gasteiger partial charge in [-0.1, -0.05) is 64.1 Å². The number of anilines is 1. The van der Waals surface area contributed by atoms with E-state index >= 15 is 0 Å². The Morgan fingerprint density at radius 3 is 2.03 bits per heavy atom. The minimum Gasteiger partial charge on any atom is -0.490 e. The average molecular weight is 506 g/mol. The molecule has 3 nitrogen and oxygen atoms in total. The Hall–Kier alpha value is -1.49. The number of hydrogen-bond donors (Lipinski definition) is 1. The summed E-state index contributed by atoms with van der Waals surface area (Å²) in [5.41, 5.74) is 2.57. The van der Waals surface area contributed by atoms with E-state index in [1.807, 2.05) is 25.1 Å². The zero-order valence-corrected chi connectivity index (χ0v) is 19.7. The molecule has 158 valence electrons. The van der Waals surface area contributed by atoms with Crippen LogP contribution in [-0.4, -0.2) is 6.61 Å². The Morgan fingerprint density at radius 1 is 0.700 bits per heavy atom. The highest BCUT2D eigenvalue weighted by Crippen LogP contribution is 2.35. The third kappa shape index (κ3) is 6.03. The van der Waals surface area contributed by atoms with Crippen molar-refractivity contribution in [3.8, 4) is 11.5 Å². The molecule has 0 heterocycles. The molecule has 0 spiro atoms. The van der Waals surface area contributed by atoms with Crippen molar-refractivity contribution in [3.05, 3.63) is 84.8 Å². The first kappa shape index (κ1) is 23.2. The van der Waals surface area contributed by atoms with E-state index in [-0.39, 0.29) is 0 Å². The van der Waals surface area contributed by atoms with E-state index in [1.54, 1.807) is 30.3 Å². The predicted octanol–water partition coefficient (Wildman–Crippen LogP) is 8.54. The SMILES string of the molecule is CCOc1cc(CNc2ccc(Cl)c(Cl)c2)c(Cl)cc1OCc1ccc(Cl)c(Cl)c1. The Balaban J connectivity index is 1.75. The molecule has 0 aromatic heterocycles. The predicted molar refractivity (Wildman–Crippen MR) is 127 cm³/mol. The van der Waals surface area contributed by atoms with E-state index in [9.17, 15) is 0 Å². The van der Waals surface area contributed by atoms with Gasteiger partial charge < -0.3 is 14.8 Å². The van der Waals surface area contributed by atoms with Crippen molar-refractivity contribution < 1.29 is 9.47 Å². The second-order valence-corrected chi connectivity index (χ2v) is 8.38. The molecule has 0 aliphatic heterocycles. The highest BCUT2D eigenvalue weighted by atomic mass is 35.5. The molecule has 0 atom stereocenters. The molecule has 0 amide bonds. The van der Waals surface area contributed by atoms with Crippen LogP contribution in [0.3, 0.4) is 0 Å². The molecule has 0 bridgehead atoms. The smallest absolute Gasteiger partial charge is 0.163 e. The summed E-state index contributed by atoms with van der Waals surface area (Å²) in [5, 5.41) is 5.78. The molecule has 3 aromatic carbocycles. The van der Waals surface area contributed by atoms with Crippen LogP contribution < -0.4 is 14.8 Å². The van der Waals surface area contributed by atoms with Crippen molar-refractivity contribution >= 4 is 63.7 Å². The van der Waals surface area contributed by atoms with Gasteiger partial charge in [-0.05, 0) is 54.4 Å². The van der Waals surface area contributed by atoms with Gasteiger partial charge in [0.05, 0.1) is 26.7 Å². The fourth-order valence-corrected chi connectivity index (χ4v) is 3.53. The number of hydrogen-bond acceptors (Lipinski definition) is 3. The van der Waals surface area contributed by atoms with E-state index in [2.05, 4.69) is 5.32 Å². The molecule has 0 unspecified atom stereocenters. The van der Waals surface area contributed by atoms with Crippen LogP contribution in [0.4, 0.5) is 5.69 Å². The van der Waals surface area contributed by atoms with Gasteiger partial charge in [0, 0.05) is 23.3 Å². The third-order valence-corrected chi connectivity index (χ3v) is 6.02. The normalized spacial score (nSPS) is 10.7. The summed E-state index contributed by atoms with van der Waals surface area (Å²) in [6.45, 7) is 3.17. The summed E-state index contributed by atoms with van der Waals surface area (Å²) in [6, 6.07) is 14.3. The molecule has 3 aromatic rings. The van der Waals surface area contributed by atoms with Gasteiger partial charge in [0.25, 0.3) is 0 Å².